The van der Waals surface area contributed by atoms with Crippen molar-refractivity contribution in [2.24, 2.45) is 11.8 Å². The fraction of sp³-hybridized carbons (Fsp3) is 0.625. The molecule has 3 heterocycles. The number of morpholine rings is 1. The Morgan fingerprint density at radius 3 is 2.40 bits per heavy atom. The molecule has 2 saturated heterocycles. The summed E-state index contributed by atoms with van der Waals surface area (Å²) >= 11 is 0. The predicted octanol–water partition coefficient (Wildman–Crippen LogP) is 0.984. The van der Waals surface area contributed by atoms with Crippen molar-refractivity contribution < 1.29 is 33.3 Å². The smallest absolute Gasteiger partial charge is 0.410 e. The lowest BCUT2D eigenvalue weighted by Crippen LogP contribution is -2.59. The molecule has 3 aliphatic rings. The van der Waals surface area contributed by atoms with Gasteiger partial charge < -0.3 is 34.0 Å². The molecule has 1 N–H and O–H groups in total. The average Bonchev–Trinajstić information content (AvgIpc) is 2.99. The van der Waals surface area contributed by atoms with Crippen LogP contribution in [0.5, 0.6) is 0 Å². The Balaban J connectivity index is 1.53. The maximum Gasteiger partial charge on any atom is 0.410 e. The second-order valence-corrected chi connectivity index (χ2v) is 13.8. The summed E-state index contributed by atoms with van der Waals surface area (Å²) in [6.07, 6.45) is 4.12. The van der Waals surface area contributed by atoms with Gasteiger partial charge in [-0.05, 0) is 61.1 Å². The van der Waals surface area contributed by atoms with Crippen LogP contribution < -0.4 is 4.90 Å². The minimum absolute atomic E-state index is 0.0457. The van der Waals surface area contributed by atoms with Crippen molar-refractivity contribution >= 4 is 47.4 Å². The fourth-order valence-electron chi connectivity index (χ4n) is 6.23. The molecule has 2 fully saturated rings. The summed E-state index contributed by atoms with van der Waals surface area (Å²) in [4.78, 5) is 32.4. The highest BCUT2D eigenvalue weighted by Gasteiger charge is 2.31. The number of cyclic esters (lactones) is 1. The molecule has 4 rings (SSSR count). The van der Waals surface area contributed by atoms with E-state index in [-0.39, 0.29) is 35.4 Å². The van der Waals surface area contributed by atoms with Gasteiger partial charge in [-0.25, -0.2) is 9.18 Å². The second kappa shape index (κ2) is 15.7. The van der Waals surface area contributed by atoms with Crippen molar-refractivity contribution in [1.29, 1.82) is 0 Å². The van der Waals surface area contributed by atoms with E-state index < -0.39 is 24.3 Å². The van der Waals surface area contributed by atoms with Crippen molar-refractivity contribution in [2.45, 2.75) is 63.6 Å². The number of piperazine rings is 1. The van der Waals surface area contributed by atoms with Gasteiger partial charge in [0.15, 0.2) is 0 Å². The molecular formula is C32H49B3FN3O6. The molecule has 1 amide bonds. The third-order valence-corrected chi connectivity index (χ3v) is 9.11. The first-order chi connectivity index (χ1) is 21.3. The molecular weight excluding hydrogens is 574 g/mol. The van der Waals surface area contributed by atoms with Crippen LogP contribution >= 0.6 is 0 Å². The lowest BCUT2D eigenvalue weighted by atomic mass is 9.48. The van der Waals surface area contributed by atoms with Gasteiger partial charge in [-0.15, -0.1) is 0 Å². The number of hydrogen-bond acceptors (Lipinski definition) is 8. The number of nitrogens with zero attached hydrogens (tertiary/aromatic N) is 3. The highest BCUT2D eigenvalue weighted by Crippen LogP contribution is 2.27. The van der Waals surface area contributed by atoms with Gasteiger partial charge in [-0.2, -0.15) is 0 Å². The molecule has 5 atom stereocenters. The Morgan fingerprint density at radius 2 is 1.73 bits per heavy atom. The third kappa shape index (κ3) is 10.1. The van der Waals surface area contributed by atoms with Gasteiger partial charge in [0.1, 0.15) is 41.6 Å². The first-order valence-corrected chi connectivity index (χ1v) is 16.4. The molecule has 0 bridgehead atoms. The number of aliphatic hydroxyl groups excluding tert-OH is 1. The zero-order chi connectivity index (χ0) is 32.7. The summed E-state index contributed by atoms with van der Waals surface area (Å²) in [5.41, 5.74) is 2.19. The van der Waals surface area contributed by atoms with Gasteiger partial charge in [-0.3, -0.25) is 4.79 Å². The number of carbonyl (C=O) groups is 2. The maximum absolute atomic E-state index is 14.7. The van der Waals surface area contributed by atoms with Crippen molar-refractivity contribution in [2.75, 3.05) is 57.4 Å². The standard InChI is InChI=1S/C32H49B3FN3O6/c1-21-4-6-27(40)20-29(41)45-30(23(3)16-24-17-25(36)19-26(18-24)37-12-14-43-15-13-37)22(2)5-7-28(21)44-31(42)38-8-10-39(11-9-38)32(33,34)35/h5,7,16-19,21-22,27-28,30,40H,4,6,8-15,20,33-35H2,1-3H3/b7-5+,23-16+/t21-,22-,27+,28-,30-/m0/s1. The molecule has 1 aromatic rings. The molecule has 244 valence electrons. The number of amides is 1. The van der Waals surface area contributed by atoms with E-state index in [1.807, 2.05) is 45.1 Å². The van der Waals surface area contributed by atoms with E-state index in [2.05, 4.69) is 33.3 Å². The van der Waals surface area contributed by atoms with Crippen LogP contribution in [0.25, 0.3) is 6.08 Å². The predicted molar refractivity (Wildman–Crippen MR) is 182 cm³/mol. The Morgan fingerprint density at radius 1 is 1.04 bits per heavy atom. The van der Waals surface area contributed by atoms with Crippen molar-refractivity contribution in [1.82, 2.24) is 9.80 Å². The van der Waals surface area contributed by atoms with Crippen LogP contribution in [-0.4, -0.2) is 127 Å². The number of anilines is 1. The van der Waals surface area contributed by atoms with E-state index in [4.69, 9.17) is 14.2 Å². The van der Waals surface area contributed by atoms with Gasteiger partial charge >= 0.3 is 12.1 Å². The molecule has 1 aromatic carbocycles. The van der Waals surface area contributed by atoms with E-state index in [0.717, 1.165) is 24.4 Å². The van der Waals surface area contributed by atoms with Crippen molar-refractivity contribution in [3.8, 4) is 0 Å². The van der Waals surface area contributed by atoms with E-state index >= 15 is 0 Å². The summed E-state index contributed by atoms with van der Waals surface area (Å²) in [7, 11) is 6.53. The van der Waals surface area contributed by atoms with Crippen molar-refractivity contribution in [3.05, 3.63) is 47.3 Å². The van der Waals surface area contributed by atoms with Crippen LogP contribution in [-0.2, 0) is 19.0 Å². The molecule has 0 unspecified atom stereocenters. The zero-order valence-electron chi connectivity index (χ0n) is 27.8. The largest absolute Gasteiger partial charge is 0.457 e. The van der Waals surface area contributed by atoms with Gasteiger partial charge in [-0.1, -0.05) is 31.2 Å². The Labute approximate surface area is 270 Å². The van der Waals surface area contributed by atoms with Crippen LogP contribution in [0.15, 0.2) is 35.9 Å². The number of aliphatic hydroxyl groups is 1. The Hall–Kier alpha value is -2.76. The quantitative estimate of drug-likeness (QED) is 0.295. The topological polar surface area (TPSA) is 91.8 Å². The number of hydrogen-bond donors (Lipinski definition) is 1. The average molecular weight is 623 g/mol. The lowest BCUT2D eigenvalue weighted by Gasteiger charge is -2.42. The monoisotopic (exact) mass is 623 g/mol. The van der Waals surface area contributed by atoms with Crippen LogP contribution in [0, 0.1) is 17.7 Å². The number of ether oxygens (including phenoxy) is 3. The SMILES string of the molecule is BC(B)(B)N1CCN(C(=O)O[C@H]2/C=C/[C@H](C)[C@@H](/C(C)=C/c3cc(F)cc(N4CCOCC4)c3)OC(=O)C[C@H](O)CC[C@@H]2C)CC1. The van der Waals surface area contributed by atoms with Crippen LogP contribution in [0.1, 0.15) is 45.6 Å². The van der Waals surface area contributed by atoms with Crippen LogP contribution in [0.2, 0.25) is 0 Å². The number of esters is 1. The molecule has 0 saturated carbocycles. The summed E-state index contributed by atoms with van der Waals surface area (Å²) in [5, 5.41) is 10.7. The van der Waals surface area contributed by atoms with Crippen LogP contribution in [0.4, 0.5) is 14.9 Å². The lowest BCUT2D eigenvalue weighted by molar-refractivity contribution is -0.151. The fourth-order valence-corrected chi connectivity index (χ4v) is 6.23. The molecule has 13 heteroatoms. The second-order valence-electron chi connectivity index (χ2n) is 13.8. The molecule has 9 nitrogen and oxygen atoms in total. The third-order valence-electron chi connectivity index (χ3n) is 9.11. The molecule has 0 spiro atoms. The van der Waals surface area contributed by atoms with E-state index in [1.165, 1.54) is 12.1 Å². The number of benzene rings is 1. The molecule has 0 aliphatic carbocycles. The van der Waals surface area contributed by atoms with Gasteiger partial charge in [0.05, 0.1) is 25.7 Å². The van der Waals surface area contributed by atoms with Gasteiger partial charge in [0.2, 0.25) is 0 Å². The minimum atomic E-state index is -0.871. The molecule has 45 heavy (non-hydrogen) atoms. The summed E-state index contributed by atoms with van der Waals surface area (Å²) in [5.74, 6) is -1.18. The number of rotatable bonds is 5. The van der Waals surface area contributed by atoms with Crippen LogP contribution in [0.3, 0.4) is 0 Å². The molecule has 0 radical (unpaired) electrons. The number of halogens is 1. The van der Waals surface area contributed by atoms with E-state index in [9.17, 15) is 19.1 Å². The van der Waals surface area contributed by atoms with Gasteiger partial charge in [0.25, 0.3) is 0 Å². The zero-order valence-corrected chi connectivity index (χ0v) is 27.8. The maximum atomic E-state index is 14.7. The Bertz CT molecular complexity index is 1230. The summed E-state index contributed by atoms with van der Waals surface area (Å²) < 4.78 is 32.1. The molecule has 3 aliphatic heterocycles. The molecule has 0 aromatic heterocycles. The minimum Gasteiger partial charge on any atom is -0.457 e. The highest BCUT2D eigenvalue weighted by atomic mass is 19.1. The van der Waals surface area contributed by atoms with E-state index in [1.54, 1.807) is 4.90 Å². The summed E-state index contributed by atoms with van der Waals surface area (Å²) in [6.45, 7) is 11.1. The van der Waals surface area contributed by atoms with Crippen molar-refractivity contribution in [3.63, 3.8) is 0 Å². The highest BCUT2D eigenvalue weighted by molar-refractivity contribution is 6.59. The normalized spacial score (nSPS) is 28.9. The Kier molecular flexibility index (Phi) is 12.2. The number of carbonyl (C=O) groups excluding carboxylic acids is 2. The first kappa shape index (κ1) is 35.1. The van der Waals surface area contributed by atoms with E-state index in [0.29, 0.717) is 57.8 Å². The first-order valence-electron chi connectivity index (χ1n) is 16.4. The summed E-state index contributed by atoms with van der Waals surface area (Å²) in [6, 6.07) is 4.92. The van der Waals surface area contributed by atoms with Gasteiger partial charge in [0, 0.05) is 50.9 Å².